The number of nitrogens with two attached hydrogens (primary N) is 1. The number of halogens is 1. The average Bonchev–Trinajstić information content (AvgIpc) is 2.72. The normalized spacial score (nSPS) is 13.1. The van der Waals surface area contributed by atoms with Crippen molar-refractivity contribution < 1.29 is 9.13 Å². The van der Waals surface area contributed by atoms with Crippen LogP contribution in [-0.4, -0.2) is 23.7 Å². The summed E-state index contributed by atoms with van der Waals surface area (Å²) in [6.45, 7) is 0.683. The van der Waals surface area contributed by atoms with Gasteiger partial charge in [-0.3, -0.25) is 0 Å². The van der Waals surface area contributed by atoms with Gasteiger partial charge in [-0.25, -0.2) is 9.37 Å². The van der Waals surface area contributed by atoms with Crippen LogP contribution < -0.4 is 5.73 Å². The number of aromatic nitrogens is 2. The van der Waals surface area contributed by atoms with Crippen LogP contribution in [0.4, 0.5) is 4.39 Å². The maximum absolute atomic E-state index is 13.0. The number of ether oxygens (including phenoxy) is 1. The SMILES string of the molecule is COCCCC(N)c1nc2ccc(F)cc2[nH]1. The van der Waals surface area contributed by atoms with Crippen molar-refractivity contribution in [2.75, 3.05) is 13.7 Å². The Hall–Kier alpha value is -1.46. The lowest BCUT2D eigenvalue weighted by molar-refractivity contribution is 0.190. The lowest BCUT2D eigenvalue weighted by Crippen LogP contribution is -2.12. The Labute approximate surface area is 99.0 Å². The first-order valence-electron chi connectivity index (χ1n) is 5.60. The second-order valence-electron chi connectivity index (χ2n) is 4.03. The van der Waals surface area contributed by atoms with Gasteiger partial charge in [0, 0.05) is 13.7 Å². The third-order valence-electron chi connectivity index (χ3n) is 2.68. The van der Waals surface area contributed by atoms with Crippen molar-refractivity contribution in [2.24, 2.45) is 5.73 Å². The molecule has 3 N–H and O–H groups in total. The first-order valence-corrected chi connectivity index (χ1v) is 5.60. The second kappa shape index (κ2) is 5.25. The summed E-state index contributed by atoms with van der Waals surface area (Å²) in [5.74, 6) is 0.419. The largest absolute Gasteiger partial charge is 0.385 e. The van der Waals surface area contributed by atoms with Gasteiger partial charge < -0.3 is 15.5 Å². The molecule has 0 aliphatic heterocycles. The number of methoxy groups -OCH3 is 1. The Morgan fingerprint density at radius 1 is 1.53 bits per heavy atom. The van der Waals surface area contributed by atoms with E-state index in [0.29, 0.717) is 17.9 Å². The Morgan fingerprint density at radius 3 is 3.12 bits per heavy atom. The van der Waals surface area contributed by atoms with E-state index in [2.05, 4.69) is 9.97 Å². The van der Waals surface area contributed by atoms with E-state index in [9.17, 15) is 4.39 Å². The van der Waals surface area contributed by atoms with Gasteiger partial charge in [-0.05, 0) is 31.0 Å². The van der Waals surface area contributed by atoms with E-state index in [-0.39, 0.29) is 11.9 Å². The first-order chi connectivity index (χ1) is 8.20. The van der Waals surface area contributed by atoms with Crippen molar-refractivity contribution in [3.05, 3.63) is 29.8 Å². The van der Waals surface area contributed by atoms with Crippen LogP contribution in [0.25, 0.3) is 11.0 Å². The van der Waals surface area contributed by atoms with E-state index >= 15 is 0 Å². The minimum atomic E-state index is -0.277. The molecule has 1 aromatic carbocycles. The Kier molecular flexibility index (Phi) is 3.71. The molecular formula is C12H16FN3O. The highest BCUT2D eigenvalue weighted by atomic mass is 19.1. The van der Waals surface area contributed by atoms with Gasteiger partial charge in [-0.2, -0.15) is 0 Å². The average molecular weight is 237 g/mol. The van der Waals surface area contributed by atoms with Crippen molar-refractivity contribution in [2.45, 2.75) is 18.9 Å². The van der Waals surface area contributed by atoms with Crippen LogP contribution in [-0.2, 0) is 4.74 Å². The smallest absolute Gasteiger partial charge is 0.125 e. The van der Waals surface area contributed by atoms with Crippen LogP contribution in [0.1, 0.15) is 24.7 Å². The fourth-order valence-electron chi connectivity index (χ4n) is 1.76. The molecule has 0 saturated carbocycles. The zero-order valence-corrected chi connectivity index (χ0v) is 9.74. The fraction of sp³-hybridized carbons (Fsp3) is 0.417. The minimum absolute atomic E-state index is 0.166. The summed E-state index contributed by atoms with van der Waals surface area (Å²) in [7, 11) is 1.66. The summed E-state index contributed by atoms with van der Waals surface area (Å²) < 4.78 is 18.0. The molecule has 1 unspecified atom stereocenters. The summed E-state index contributed by atoms with van der Waals surface area (Å²) in [4.78, 5) is 7.39. The molecule has 1 aromatic heterocycles. The maximum atomic E-state index is 13.0. The molecular weight excluding hydrogens is 221 g/mol. The fourth-order valence-corrected chi connectivity index (χ4v) is 1.76. The zero-order chi connectivity index (χ0) is 12.3. The number of rotatable bonds is 5. The van der Waals surface area contributed by atoms with Gasteiger partial charge >= 0.3 is 0 Å². The van der Waals surface area contributed by atoms with Crippen molar-refractivity contribution in [3.8, 4) is 0 Å². The van der Waals surface area contributed by atoms with Gasteiger partial charge in [0.15, 0.2) is 0 Å². The van der Waals surface area contributed by atoms with Gasteiger partial charge in [0.05, 0.1) is 17.1 Å². The molecule has 2 aromatic rings. The first kappa shape index (κ1) is 12.0. The predicted octanol–water partition coefficient (Wildman–Crippen LogP) is 2.13. The van der Waals surface area contributed by atoms with Crippen molar-refractivity contribution in [1.29, 1.82) is 0 Å². The van der Waals surface area contributed by atoms with Gasteiger partial charge in [-0.1, -0.05) is 0 Å². The van der Waals surface area contributed by atoms with E-state index in [4.69, 9.17) is 10.5 Å². The van der Waals surface area contributed by atoms with Crippen LogP contribution in [0.3, 0.4) is 0 Å². The topological polar surface area (TPSA) is 63.9 Å². The Morgan fingerprint density at radius 2 is 2.35 bits per heavy atom. The molecule has 5 heteroatoms. The van der Waals surface area contributed by atoms with Crippen LogP contribution in [0, 0.1) is 5.82 Å². The molecule has 2 rings (SSSR count). The second-order valence-corrected chi connectivity index (χ2v) is 4.03. The van der Waals surface area contributed by atoms with E-state index in [1.54, 1.807) is 13.2 Å². The number of nitrogens with zero attached hydrogens (tertiary/aromatic N) is 1. The summed E-state index contributed by atoms with van der Waals surface area (Å²) in [5.41, 5.74) is 7.42. The number of nitrogens with one attached hydrogen (secondary N) is 1. The maximum Gasteiger partial charge on any atom is 0.125 e. The molecule has 0 aliphatic carbocycles. The van der Waals surface area contributed by atoms with Crippen molar-refractivity contribution in [1.82, 2.24) is 9.97 Å². The lowest BCUT2D eigenvalue weighted by atomic mass is 10.1. The van der Waals surface area contributed by atoms with Crippen LogP contribution >= 0.6 is 0 Å². The van der Waals surface area contributed by atoms with E-state index < -0.39 is 0 Å². The van der Waals surface area contributed by atoms with Crippen molar-refractivity contribution in [3.63, 3.8) is 0 Å². The number of aromatic amines is 1. The molecule has 1 atom stereocenters. The molecule has 0 radical (unpaired) electrons. The van der Waals surface area contributed by atoms with Gasteiger partial charge in [0.1, 0.15) is 11.6 Å². The Bertz CT molecular complexity index is 497. The molecule has 0 amide bonds. The molecule has 17 heavy (non-hydrogen) atoms. The van der Waals surface area contributed by atoms with Crippen LogP contribution in [0.5, 0.6) is 0 Å². The summed E-state index contributed by atoms with van der Waals surface area (Å²) in [6.07, 6.45) is 1.67. The predicted molar refractivity (Wildman–Crippen MR) is 64.1 cm³/mol. The molecule has 92 valence electrons. The monoisotopic (exact) mass is 237 g/mol. The van der Waals surface area contributed by atoms with Gasteiger partial charge in [0.2, 0.25) is 0 Å². The number of hydrogen-bond donors (Lipinski definition) is 2. The van der Waals surface area contributed by atoms with Gasteiger partial charge in [0.25, 0.3) is 0 Å². The van der Waals surface area contributed by atoms with E-state index in [1.807, 2.05) is 0 Å². The van der Waals surface area contributed by atoms with E-state index in [1.165, 1.54) is 12.1 Å². The van der Waals surface area contributed by atoms with E-state index in [0.717, 1.165) is 18.4 Å². The Balaban J connectivity index is 2.12. The number of hydrogen-bond acceptors (Lipinski definition) is 3. The highest BCUT2D eigenvalue weighted by Gasteiger charge is 2.11. The van der Waals surface area contributed by atoms with Crippen molar-refractivity contribution >= 4 is 11.0 Å². The number of H-pyrrole nitrogens is 1. The summed E-state index contributed by atoms with van der Waals surface area (Å²) in [6, 6.07) is 4.30. The van der Waals surface area contributed by atoms with Crippen LogP contribution in [0.2, 0.25) is 0 Å². The molecule has 0 bridgehead atoms. The molecule has 4 nitrogen and oxygen atoms in total. The third kappa shape index (κ3) is 2.81. The molecule has 0 fully saturated rings. The summed E-state index contributed by atoms with van der Waals surface area (Å²) >= 11 is 0. The lowest BCUT2D eigenvalue weighted by Gasteiger charge is -2.07. The molecule has 0 aliphatic rings. The zero-order valence-electron chi connectivity index (χ0n) is 9.74. The highest BCUT2D eigenvalue weighted by molar-refractivity contribution is 5.75. The minimum Gasteiger partial charge on any atom is -0.385 e. The van der Waals surface area contributed by atoms with Crippen LogP contribution in [0.15, 0.2) is 18.2 Å². The third-order valence-corrected chi connectivity index (χ3v) is 2.68. The molecule has 0 spiro atoms. The number of benzene rings is 1. The highest BCUT2D eigenvalue weighted by Crippen LogP contribution is 2.18. The summed E-state index contributed by atoms with van der Waals surface area (Å²) in [5, 5.41) is 0. The van der Waals surface area contributed by atoms with Gasteiger partial charge in [-0.15, -0.1) is 0 Å². The number of imidazole rings is 1. The molecule has 1 heterocycles. The molecule has 0 saturated heterocycles. The standard InChI is InChI=1S/C12H16FN3O/c1-17-6-2-3-9(14)12-15-10-5-4-8(13)7-11(10)16-12/h4-5,7,9H,2-3,6,14H2,1H3,(H,15,16). The number of fused-ring (bicyclic) bond motifs is 1. The quantitative estimate of drug-likeness (QED) is 0.783.